The van der Waals surface area contributed by atoms with Gasteiger partial charge in [-0.2, -0.15) is 5.26 Å². The van der Waals surface area contributed by atoms with Gasteiger partial charge in [0.1, 0.15) is 6.07 Å². The fraction of sp³-hybridized carbons (Fsp3) is 0.125. The van der Waals surface area contributed by atoms with Crippen molar-refractivity contribution < 1.29 is 8.78 Å². The molecular weight excluding hydrogens is 176 g/mol. The highest BCUT2D eigenvalue weighted by atomic mass is 19.3. The Hall–Kier alpha value is -1.83. The highest BCUT2D eigenvalue weighted by Gasteiger charge is 2.14. The SMILES string of the molecule is N#Cc1cc(N)cc(C(F)F)c1N. The van der Waals surface area contributed by atoms with Crippen molar-refractivity contribution in [3.05, 3.63) is 23.3 Å². The van der Waals surface area contributed by atoms with Crippen LogP contribution in [0.4, 0.5) is 20.2 Å². The van der Waals surface area contributed by atoms with E-state index in [1.165, 1.54) is 6.07 Å². The van der Waals surface area contributed by atoms with Gasteiger partial charge < -0.3 is 11.5 Å². The summed E-state index contributed by atoms with van der Waals surface area (Å²) in [4.78, 5) is 0. The van der Waals surface area contributed by atoms with Crippen molar-refractivity contribution in [2.24, 2.45) is 0 Å². The van der Waals surface area contributed by atoms with Gasteiger partial charge >= 0.3 is 0 Å². The lowest BCUT2D eigenvalue weighted by atomic mass is 10.1. The third kappa shape index (κ3) is 1.67. The third-order valence-corrected chi connectivity index (χ3v) is 1.59. The van der Waals surface area contributed by atoms with Crippen LogP contribution in [0.5, 0.6) is 0 Å². The monoisotopic (exact) mass is 183 g/mol. The Labute approximate surface area is 73.6 Å². The van der Waals surface area contributed by atoms with Gasteiger partial charge in [0.25, 0.3) is 6.43 Å². The fourth-order valence-corrected chi connectivity index (χ4v) is 0.972. The Morgan fingerprint density at radius 1 is 1.31 bits per heavy atom. The van der Waals surface area contributed by atoms with Gasteiger partial charge in [-0.25, -0.2) is 8.78 Å². The van der Waals surface area contributed by atoms with Crippen LogP contribution in [-0.4, -0.2) is 0 Å². The standard InChI is InChI=1S/C8H7F2N3/c9-8(10)6-2-5(12)1-4(3-11)7(6)13/h1-2,8H,12-13H2. The van der Waals surface area contributed by atoms with E-state index in [-0.39, 0.29) is 16.9 Å². The highest BCUT2D eigenvalue weighted by Crippen LogP contribution is 2.29. The molecule has 0 aliphatic heterocycles. The zero-order chi connectivity index (χ0) is 10.0. The minimum absolute atomic E-state index is 0.0182. The molecule has 5 heteroatoms. The van der Waals surface area contributed by atoms with Crippen LogP contribution in [0.15, 0.2) is 12.1 Å². The van der Waals surface area contributed by atoms with Gasteiger partial charge in [-0.05, 0) is 12.1 Å². The summed E-state index contributed by atoms with van der Waals surface area (Å²) < 4.78 is 24.6. The molecule has 68 valence electrons. The summed E-state index contributed by atoms with van der Waals surface area (Å²) in [7, 11) is 0. The van der Waals surface area contributed by atoms with Crippen molar-refractivity contribution in [1.82, 2.24) is 0 Å². The van der Waals surface area contributed by atoms with Crippen molar-refractivity contribution in [3.8, 4) is 6.07 Å². The number of nitrogen functional groups attached to an aromatic ring is 2. The molecule has 0 bridgehead atoms. The molecule has 0 aliphatic rings. The normalized spacial score (nSPS) is 10.0. The number of nitrogens with zero attached hydrogens (tertiary/aromatic N) is 1. The summed E-state index contributed by atoms with van der Waals surface area (Å²) in [6.07, 6.45) is -2.71. The lowest BCUT2D eigenvalue weighted by molar-refractivity contribution is 0.152. The average molecular weight is 183 g/mol. The lowest BCUT2D eigenvalue weighted by Crippen LogP contribution is -2.00. The number of anilines is 2. The van der Waals surface area contributed by atoms with E-state index < -0.39 is 12.0 Å². The molecule has 13 heavy (non-hydrogen) atoms. The molecule has 3 nitrogen and oxygen atoms in total. The van der Waals surface area contributed by atoms with E-state index >= 15 is 0 Å². The van der Waals surface area contributed by atoms with Crippen LogP contribution in [0.25, 0.3) is 0 Å². The molecule has 0 amide bonds. The fourth-order valence-electron chi connectivity index (χ4n) is 0.972. The van der Waals surface area contributed by atoms with Crippen LogP contribution in [-0.2, 0) is 0 Å². The van der Waals surface area contributed by atoms with E-state index in [1.807, 2.05) is 0 Å². The van der Waals surface area contributed by atoms with Crippen molar-refractivity contribution in [1.29, 1.82) is 5.26 Å². The first-order valence-corrected chi connectivity index (χ1v) is 3.43. The van der Waals surface area contributed by atoms with Gasteiger partial charge in [-0.3, -0.25) is 0 Å². The molecular formula is C8H7F2N3. The van der Waals surface area contributed by atoms with E-state index in [9.17, 15) is 8.78 Å². The first kappa shape index (κ1) is 9.26. The van der Waals surface area contributed by atoms with Crippen LogP contribution in [0, 0.1) is 11.3 Å². The highest BCUT2D eigenvalue weighted by molar-refractivity contribution is 5.65. The van der Waals surface area contributed by atoms with Gasteiger partial charge in [0, 0.05) is 11.3 Å². The number of hydrogen-bond donors (Lipinski definition) is 2. The van der Waals surface area contributed by atoms with Crippen LogP contribution >= 0.6 is 0 Å². The smallest absolute Gasteiger partial charge is 0.265 e. The molecule has 0 heterocycles. The second-order valence-corrected chi connectivity index (χ2v) is 2.48. The Bertz CT molecular complexity index is 368. The van der Waals surface area contributed by atoms with Gasteiger partial charge in [-0.15, -0.1) is 0 Å². The number of benzene rings is 1. The molecule has 0 saturated heterocycles. The van der Waals surface area contributed by atoms with Gasteiger partial charge in [-0.1, -0.05) is 0 Å². The van der Waals surface area contributed by atoms with E-state index in [4.69, 9.17) is 16.7 Å². The molecule has 1 aromatic carbocycles. The third-order valence-electron chi connectivity index (χ3n) is 1.59. The predicted octanol–water partition coefficient (Wildman–Crippen LogP) is 1.66. The predicted molar refractivity (Wildman–Crippen MR) is 44.9 cm³/mol. The summed E-state index contributed by atoms with van der Waals surface area (Å²) in [6.45, 7) is 0. The largest absolute Gasteiger partial charge is 0.399 e. The van der Waals surface area contributed by atoms with E-state index in [0.29, 0.717) is 0 Å². The van der Waals surface area contributed by atoms with Gasteiger partial charge in [0.2, 0.25) is 0 Å². The Kier molecular flexibility index (Phi) is 2.33. The summed E-state index contributed by atoms with van der Waals surface area (Å²) in [5.74, 6) is 0. The molecule has 0 radical (unpaired) electrons. The van der Waals surface area contributed by atoms with Crippen LogP contribution in [0.3, 0.4) is 0 Å². The minimum atomic E-state index is -2.71. The van der Waals surface area contributed by atoms with Crippen molar-refractivity contribution >= 4 is 11.4 Å². The Morgan fingerprint density at radius 2 is 1.92 bits per heavy atom. The summed E-state index contributed by atoms with van der Waals surface area (Å²) >= 11 is 0. The second-order valence-electron chi connectivity index (χ2n) is 2.48. The maximum absolute atomic E-state index is 12.3. The molecule has 0 aromatic heterocycles. The topological polar surface area (TPSA) is 75.8 Å². The first-order chi connectivity index (χ1) is 6.06. The number of nitrogens with two attached hydrogens (primary N) is 2. The minimum Gasteiger partial charge on any atom is -0.399 e. The van der Waals surface area contributed by atoms with Crippen molar-refractivity contribution in [2.45, 2.75) is 6.43 Å². The molecule has 0 unspecified atom stereocenters. The van der Waals surface area contributed by atoms with Crippen molar-refractivity contribution in [3.63, 3.8) is 0 Å². The molecule has 0 fully saturated rings. The van der Waals surface area contributed by atoms with E-state index in [0.717, 1.165) is 6.07 Å². The van der Waals surface area contributed by atoms with Crippen LogP contribution in [0.1, 0.15) is 17.6 Å². The maximum atomic E-state index is 12.3. The second kappa shape index (κ2) is 3.27. The average Bonchev–Trinajstić information content (AvgIpc) is 2.08. The zero-order valence-corrected chi connectivity index (χ0v) is 6.59. The molecule has 0 atom stereocenters. The quantitative estimate of drug-likeness (QED) is 0.650. The molecule has 4 N–H and O–H groups in total. The van der Waals surface area contributed by atoms with Gasteiger partial charge in [0.05, 0.1) is 11.3 Å². The molecule has 1 aromatic rings. The summed E-state index contributed by atoms with van der Waals surface area (Å²) in [5.41, 5.74) is 10.1. The van der Waals surface area contributed by atoms with Crippen LogP contribution < -0.4 is 11.5 Å². The molecule has 0 aliphatic carbocycles. The number of rotatable bonds is 1. The first-order valence-electron chi connectivity index (χ1n) is 3.43. The number of halogens is 2. The van der Waals surface area contributed by atoms with Crippen molar-refractivity contribution in [2.75, 3.05) is 11.5 Å². The van der Waals surface area contributed by atoms with E-state index in [1.54, 1.807) is 6.07 Å². The number of hydrogen-bond acceptors (Lipinski definition) is 3. The summed E-state index contributed by atoms with van der Waals surface area (Å²) in [6, 6.07) is 4.03. The molecule has 0 spiro atoms. The number of nitriles is 1. The van der Waals surface area contributed by atoms with E-state index in [2.05, 4.69) is 0 Å². The zero-order valence-electron chi connectivity index (χ0n) is 6.59. The Balaban J connectivity index is 3.38. The summed E-state index contributed by atoms with van der Waals surface area (Å²) in [5, 5.41) is 8.52. The molecule has 1 rings (SSSR count). The Morgan fingerprint density at radius 3 is 2.38 bits per heavy atom. The van der Waals surface area contributed by atoms with Gasteiger partial charge in [0.15, 0.2) is 0 Å². The lowest BCUT2D eigenvalue weighted by Gasteiger charge is -2.06. The number of alkyl halides is 2. The van der Waals surface area contributed by atoms with Crippen LogP contribution in [0.2, 0.25) is 0 Å². The maximum Gasteiger partial charge on any atom is 0.265 e. The molecule has 0 saturated carbocycles.